The van der Waals surface area contributed by atoms with Gasteiger partial charge < -0.3 is 9.47 Å². The monoisotopic (exact) mass is 218 g/mol. The SMILES string of the molecule is CCOC(=O)C1C=Cc2cc(C)ccc2O1. The highest BCUT2D eigenvalue weighted by Crippen LogP contribution is 2.27. The summed E-state index contributed by atoms with van der Waals surface area (Å²) < 4.78 is 10.4. The van der Waals surface area contributed by atoms with Gasteiger partial charge in [-0.3, -0.25) is 0 Å². The molecule has 0 aliphatic carbocycles. The van der Waals surface area contributed by atoms with Crippen molar-refractivity contribution in [1.82, 2.24) is 0 Å². The fraction of sp³-hybridized carbons (Fsp3) is 0.308. The first-order valence-corrected chi connectivity index (χ1v) is 5.33. The molecule has 0 saturated heterocycles. The predicted octanol–water partition coefficient (Wildman–Crippen LogP) is 2.33. The molecule has 2 rings (SSSR count). The van der Waals surface area contributed by atoms with Gasteiger partial charge >= 0.3 is 5.97 Å². The van der Waals surface area contributed by atoms with Crippen molar-refractivity contribution in [3.8, 4) is 5.75 Å². The van der Waals surface area contributed by atoms with Gasteiger partial charge in [0.05, 0.1) is 6.61 Å². The minimum atomic E-state index is -0.616. The van der Waals surface area contributed by atoms with Crippen molar-refractivity contribution in [2.24, 2.45) is 0 Å². The molecule has 1 aromatic carbocycles. The third-order valence-corrected chi connectivity index (χ3v) is 2.39. The van der Waals surface area contributed by atoms with E-state index >= 15 is 0 Å². The maximum Gasteiger partial charge on any atom is 0.351 e. The van der Waals surface area contributed by atoms with E-state index in [9.17, 15) is 4.79 Å². The Morgan fingerprint density at radius 3 is 3.06 bits per heavy atom. The number of fused-ring (bicyclic) bond motifs is 1. The van der Waals surface area contributed by atoms with Crippen LogP contribution in [-0.4, -0.2) is 18.7 Å². The van der Waals surface area contributed by atoms with E-state index in [4.69, 9.17) is 9.47 Å². The Kier molecular flexibility index (Phi) is 2.95. The second-order valence-corrected chi connectivity index (χ2v) is 3.69. The fourth-order valence-corrected chi connectivity index (χ4v) is 1.62. The Labute approximate surface area is 94.7 Å². The van der Waals surface area contributed by atoms with Gasteiger partial charge in [0.15, 0.2) is 0 Å². The number of hydrogen-bond acceptors (Lipinski definition) is 3. The number of carbonyl (C=O) groups excluding carboxylic acids is 1. The molecule has 1 aliphatic rings. The molecule has 0 fully saturated rings. The molecule has 0 spiro atoms. The molecular formula is C13H14O3. The van der Waals surface area contributed by atoms with Crippen LogP contribution < -0.4 is 4.74 Å². The number of rotatable bonds is 2. The maximum atomic E-state index is 11.5. The largest absolute Gasteiger partial charge is 0.474 e. The molecule has 0 radical (unpaired) electrons. The molecule has 84 valence electrons. The van der Waals surface area contributed by atoms with Crippen molar-refractivity contribution in [3.05, 3.63) is 35.4 Å². The second-order valence-electron chi connectivity index (χ2n) is 3.69. The lowest BCUT2D eigenvalue weighted by molar-refractivity contribution is -0.149. The topological polar surface area (TPSA) is 35.5 Å². The van der Waals surface area contributed by atoms with E-state index in [2.05, 4.69) is 0 Å². The van der Waals surface area contributed by atoms with Gasteiger partial charge in [0, 0.05) is 5.56 Å². The van der Waals surface area contributed by atoms with Gasteiger partial charge in [-0.25, -0.2) is 4.79 Å². The van der Waals surface area contributed by atoms with E-state index in [0.717, 1.165) is 11.3 Å². The van der Waals surface area contributed by atoms with E-state index in [0.29, 0.717) is 6.61 Å². The zero-order valence-corrected chi connectivity index (χ0v) is 9.40. The second kappa shape index (κ2) is 4.39. The highest BCUT2D eigenvalue weighted by Gasteiger charge is 2.22. The van der Waals surface area contributed by atoms with Crippen molar-refractivity contribution >= 4 is 12.0 Å². The lowest BCUT2D eigenvalue weighted by Crippen LogP contribution is -2.29. The number of esters is 1. The summed E-state index contributed by atoms with van der Waals surface area (Å²) in [5.74, 6) is 0.385. The Morgan fingerprint density at radius 2 is 2.31 bits per heavy atom. The third kappa shape index (κ3) is 2.08. The fourth-order valence-electron chi connectivity index (χ4n) is 1.62. The minimum absolute atomic E-state index is 0.343. The maximum absolute atomic E-state index is 11.5. The van der Waals surface area contributed by atoms with Crippen LogP contribution in [0.3, 0.4) is 0 Å². The van der Waals surface area contributed by atoms with Crippen LogP contribution in [0, 0.1) is 6.92 Å². The Balaban J connectivity index is 2.19. The minimum Gasteiger partial charge on any atom is -0.474 e. The number of aryl methyl sites for hydroxylation is 1. The molecule has 0 amide bonds. The van der Waals surface area contributed by atoms with Crippen molar-refractivity contribution in [1.29, 1.82) is 0 Å². The number of benzene rings is 1. The van der Waals surface area contributed by atoms with Crippen LogP contribution in [0.4, 0.5) is 0 Å². The first kappa shape index (κ1) is 10.7. The molecule has 1 unspecified atom stereocenters. The van der Waals surface area contributed by atoms with Crippen molar-refractivity contribution in [3.63, 3.8) is 0 Å². The van der Waals surface area contributed by atoms with Crippen molar-refractivity contribution in [2.45, 2.75) is 20.0 Å². The third-order valence-electron chi connectivity index (χ3n) is 2.39. The van der Waals surface area contributed by atoms with Crippen LogP contribution >= 0.6 is 0 Å². The summed E-state index contributed by atoms with van der Waals surface area (Å²) in [6.45, 7) is 4.17. The van der Waals surface area contributed by atoms with Crippen LogP contribution in [0.15, 0.2) is 24.3 Å². The van der Waals surface area contributed by atoms with Crippen LogP contribution in [0.2, 0.25) is 0 Å². The molecule has 0 bridgehead atoms. The van der Waals surface area contributed by atoms with Crippen LogP contribution in [0.1, 0.15) is 18.1 Å². The summed E-state index contributed by atoms with van der Waals surface area (Å²) in [5, 5.41) is 0. The van der Waals surface area contributed by atoms with Crippen LogP contribution in [0.25, 0.3) is 6.08 Å². The molecule has 16 heavy (non-hydrogen) atoms. The quantitative estimate of drug-likeness (QED) is 0.715. The summed E-state index contributed by atoms with van der Waals surface area (Å²) in [7, 11) is 0. The summed E-state index contributed by atoms with van der Waals surface area (Å²) in [5.41, 5.74) is 2.17. The average molecular weight is 218 g/mol. The molecule has 1 atom stereocenters. The first-order valence-electron chi connectivity index (χ1n) is 5.33. The van der Waals surface area contributed by atoms with Gasteiger partial charge in [0.25, 0.3) is 0 Å². The van der Waals surface area contributed by atoms with Gasteiger partial charge in [-0.05, 0) is 32.1 Å². The smallest absolute Gasteiger partial charge is 0.351 e. The van der Waals surface area contributed by atoms with E-state index in [1.165, 1.54) is 5.56 Å². The van der Waals surface area contributed by atoms with E-state index in [-0.39, 0.29) is 5.97 Å². The van der Waals surface area contributed by atoms with Crippen LogP contribution in [0.5, 0.6) is 5.75 Å². The lowest BCUT2D eigenvalue weighted by atomic mass is 10.1. The zero-order valence-electron chi connectivity index (χ0n) is 9.40. The van der Waals surface area contributed by atoms with Crippen LogP contribution in [-0.2, 0) is 9.53 Å². The van der Waals surface area contributed by atoms with Gasteiger partial charge in [-0.2, -0.15) is 0 Å². The number of ether oxygens (including phenoxy) is 2. The standard InChI is InChI=1S/C13H14O3/c1-3-15-13(14)12-7-5-10-8-9(2)4-6-11(10)16-12/h4-8,12H,3H2,1-2H3. The summed E-state index contributed by atoms with van der Waals surface area (Å²) in [4.78, 5) is 11.5. The Morgan fingerprint density at radius 1 is 1.50 bits per heavy atom. The molecule has 1 aliphatic heterocycles. The predicted molar refractivity (Wildman–Crippen MR) is 61.3 cm³/mol. The van der Waals surface area contributed by atoms with Gasteiger partial charge in [-0.15, -0.1) is 0 Å². The molecule has 1 aromatic rings. The molecule has 0 aromatic heterocycles. The van der Waals surface area contributed by atoms with Gasteiger partial charge in [-0.1, -0.05) is 17.7 Å². The van der Waals surface area contributed by atoms with Gasteiger partial charge in [0.1, 0.15) is 5.75 Å². The lowest BCUT2D eigenvalue weighted by Gasteiger charge is -2.20. The Bertz CT molecular complexity index is 435. The number of hydrogen-bond donors (Lipinski definition) is 0. The zero-order chi connectivity index (χ0) is 11.5. The molecule has 1 heterocycles. The summed E-state index contributed by atoms with van der Waals surface area (Å²) in [6.07, 6.45) is 3.00. The molecule has 0 saturated carbocycles. The van der Waals surface area contributed by atoms with Gasteiger partial charge in [0.2, 0.25) is 6.10 Å². The molecule has 0 N–H and O–H groups in total. The molecule has 3 nitrogen and oxygen atoms in total. The normalized spacial score (nSPS) is 17.5. The van der Waals surface area contributed by atoms with E-state index < -0.39 is 6.10 Å². The summed E-state index contributed by atoms with van der Waals surface area (Å²) >= 11 is 0. The van der Waals surface area contributed by atoms with Crippen molar-refractivity contribution < 1.29 is 14.3 Å². The van der Waals surface area contributed by atoms with E-state index in [1.807, 2.05) is 31.2 Å². The average Bonchev–Trinajstić information content (AvgIpc) is 2.28. The number of carbonyl (C=O) groups is 1. The van der Waals surface area contributed by atoms with Crippen molar-refractivity contribution in [2.75, 3.05) is 6.61 Å². The van der Waals surface area contributed by atoms with E-state index in [1.54, 1.807) is 13.0 Å². The molecular weight excluding hydrogens is 204 g/mol. The highest BCUT2D eigenvalue weighted by molar-refractivity contribution is 5.80. The molecule has 3 heteroatoms. The first-order chi connectivity index (χ1) is 7.70. The highest BCUT2D eigenvalue weighted by atomic mass is 16.6. The Hall–Kier alpha value is -1.77. The summed E-state index contributed by atoms with van der Waals surface area (Å²) in [6, 6.07) is 5.85.